The normalized spacial score (nSPS) is 11.2. The summed E-state index contributed by atoms with van der Waals surface area (Å²) in [6, 6.07) is 3.16. The highest BCUT2D eigenvalue weighted by Crippen LogP contribution is 2.29. The monoisotopic (exact) mass is 232 g/mol. The minimum Gasteiger partial charge on any atom is -0.486 e. The van der Waals surface area contributed by atoms with Gasteiger partial charge in [-0.15, -0.1) is 0 Å². The molecule has 1 N–H and O–H groups in total. The number of halogens is 3. The first-order valence-corrected chi connectivity index (χ1v) is 4.58. The van der Waals surface area contributed by atoms with Gasteiger partial charge in [0.15, 0.2) is 0 Å². The molecule has 0 amide bonds. The van der Waals surface area contributed by atoms with Crippen molar-refractivity contribution in [1.29, 1.82) is 0 Å². The van der Waals surface area contributed by atoms with Gasteiger partial charge in [-0.1, -0.05) is 11.6 Å². The Balaban J connectivity index is 2.29. The first-order valence-electron chi connectivity index (χ1n) is 4.20. The quantitative estimate of drug-likeness (QED) is 0.884. The van der Waals surface area contributed by atoms with E-state index in [1.807, 2.05) is 0 Å². The van der Waals surface area contributed by atoms with E-state index >= 15 is 0 Å². The van der Waals surface area contributed by atoms with Crippen LogP contribution < -0.4 is 4.74 Å². The van der Waals surface area contributed by atoms with Gasteiger partial charge in [-0.05, 0) is 12.1 Å². The Morgan fingerprint density at radius 1 is 1.47 bits per heavy atom. The maximum Gasteiger partial charge on any atom is 0.272 e. The minimum absolute atomic E-state index is 0.242. The minimum atomic E-state index is -2.51. The Kier molecular flexibility index (Phi) is 2.73. The molecule has 0 atom stereocenters. The number of hydrogen-bond acceptors (Lipinski definition) is 2. The summed E-state index contributed by atoms with van der Waals surface area (Å²) in [5.74, 6) is 0.242. The van der Waals surface area contributed by atoms with Gasteiger partial charge in [-0.3, -0.25) is 5.10 Å². The van der Waals surface area contributed by atoms with Crippen molar-refractivity contribution >= 4 is 22.5 Å². The third-order valence-corrected chi connectivity index (χ3v) is 2.15. The number of alkyl halides is 2. The van der Waals surface area contributed by atoms with Crippen LogP contribution in [0.5, 0.6) is 5.75 Å². The number of fused-ring (bicyclic) bond motifs is 1. The van der Waals surface area contributed by atoms with Crippen LogP contribution in [0, 0.1) is 0 Å². The number of H-pyrrole nitrogens is 1. The van der Waals surface area contributed by atoms with E-state index in [2.05, 4.69) is 10.2 Å². The second-order valence-corrected chi connectivity index (χ2v) is 3.35. The van der Waals surface area contributed by atoms with Crippen molar-refractivity contribution in [1.82, 2.24) is 10.2 Å². The van der Waals surface area contributed by atoms with Crippen LogP contribution in [0.4, 0.5) is 8.78 Å². The van der Waals surface area contributed by atoms with Gasteiger partial charge in [0, 0.05) is 5.39 Å². The van der Waals surface area contributed by atoms with Gasteiger partial charge in [-0.25, -0.2) is 8.78 Å². The Bertz CT molecular complexity index is 472. The van der Waals surface area contributed by atoms with E-state index < -0.39 is 13.0 Å². The number of rotatable bonds is 3. The standard InChI is InChI=1S/C9H7ClF2N2O/c10-6-2-7-5(3-13-14-7)1-8(6)15-4-9(11)12/h1-3,9H,4H2,(H,13,14). The van der Waals surface area contributed by atoms with E-state index in [9.17, 15) is 8.78 Å². The summed E-state index contributed by atoms with van der Waals surface area (Å²) in [5, 5.41) is 7.56. The molecule has 6 heteroatoms. The van der Waals surface area contributed by atoms with Crippen LogP contribution in [0.2, 0.25) is 5.02 Å². The number of benzene rings is 1. The SMILES string of the molecule is FC(F)COc1cc2cn[nH]c2cc1Cl. The van der Waals surface area contributed by atoms with Crippen LogP contribution in [0.3, 0.4) is 0 Å². The molecule has 0 saturated heterocycles. The molecule has 2 aromatic rings. The molecule has 1 aromatic carbocycles. The van der Waals surface area contributed by atoms with E-state index in [4.69, 9.17) is 16.3 Å². The molecule has 2 rings (SSSR count). The molecule has 15 heavy (non-hydrogen) atoms. The summed E-state index contributed by atoms with van der Waals surface area (Å²) in [6.07, 6.45) is -0.943. The molecule has 0 bridgehead atoms. The van der Waals surface area contributed by atoms with Crippen molar-refractivity contribution in [2.24, 2.45) is 0 Å². The fourth-order valence-corrected chi connectivity index (χ4v) is 1.43. The zero-order chi connectivity index (χ0) is 10.8. The van der Waals surface area contributed by atoms with Crippen LogP contribution >= 0.6 is 11.6 Å². The van der Waals surface area contributed by atoms with Crippen LogP contribution in [-0.4, -0.2) is 23.2 Å². The molecule has 0 spiro atoms. The Morgan fingerprint density at radius 2 is 2.27 bits per heavy atom. The maximum absolute atomic E-state index is 11.9. The fourth-order valence-electron chi connectivity index (χ4n) is 1.21. The van der Waals surface area contributed by atoms with Gasteiger partial charge in [-0.2, -0.15) is 5.10 Å². The molecule has 0 fully saturated rings. The molecule has 0 radical (unpaired) electrons. The lowest BCUT2D eigenvalue weighted by Gasteiger charge is -2.06. The van der Waals surface area contributed by atoms with Gasteiger partial charge in [0.2, 0.25) is 0 Å². The average molecular weight is 233 g/mol. The van der Waals surface area contributed by atoms with E-state index in [-0.39, 0.29) is 10.8 Å². The predicted octanol–water partition coefficient (Wildman–Crippen LogP) is 2.86. The van der Waals surface area contributed by atoms with Gasteiger partial charge in [0.05, 0.1) is 16.7 Å². The van der Waals surface area contributed by atoms with Crippen molar-refractivity contribution in [2.45, 2.75) is 6.43 Å². The second kappa shape index (κ2) is 4.02. The summed E-state index contributed by atoms with van der Waals surface area (Å²) in [6.45, 7) is -0.664. The Morgan fingerprint density at radius 3 is 3.00 bits per heavy atom. The number of aromatic amines is 1. The third kappa shape index (κ3) is 2.18. The fraction of sp³-hybridized carbons (Fsp3) is 0.222. The molecule has 1 aromatic heterocycles. The molecular weight excluding hydrogens is 226 g/mol. The van der Waals surface area contributed by atoms with E-state index in [1.165, 1.54) is 0 Å². The molecule has 0 aliphatic carbocycles. The van der Waals surface area contributed by atoms with Crippen molar-refractivity contribution in [2.75, 3.05) is 6.61 Å². The average Bonchev–Trinajstić information content (AvgIpc) is 2.60. The predicted molar refractivity (Wildman–Crippen MR) is 52.6 cm³/mol. The zero-order valence-electron chi connectivity index (χ0n) is 7.51. The van der Waals surface area contributed by atoms with E-state index in [1.54, 1.807) is 18.3 Å². The van der Waals surface area contributed by atoms with Crippen molar-refractivity contribution in [3.63, 3.8) is 0 Å². The lowest BCUT2D eigenvalue weighted by atomic mass is 10.2. The lowest BCUT2D eigenvalue weighted by molar-refractivity contribution is 0.0820. The number of hydrogen-bond donors (Lipinski definition) is 1. The molecule has 0 unspecified atom stereocenters. The van der Waals surface area contributed by atoms with Gasteiger partial charge in [0.1, 0.15) is 12.4 Å². The first kappa shape index (κ1) is 10.2. The summed E-state index contributed by atoms with van der Waals surface area (Å²) in [5.41, 5.74) is 0.740. The highest BCUT2D eigenvalue weighted by Gasteiger charge is 2.08. The van der Waals surface area contributed by atoms with Gasteiger partial charge >= 0.3 is 0 Å². The second-order valence-electron chi connectivity index (χ2n) is 2.94. The molecule has 1 heterocycles. The highest BCUT2D eigenvalue weighted by molar-refractivity contribution is 6.32. The van der Waals surface area contributed by atoms with Crippen molar-refractivity contribution in [3.05, 3.63) is 23.4 Å². The molecular formula is C9H7ClF2N2O. The maximum atomic E-state index is 11.9. The third-order valence-electron chi connectivity index (χ3n) is 1.86. The van der Waals surface area contributed by atoms with Crippen LogP contribution in [0.15, 0.2) is 18.3 Å². The molecule has 0 aliphatic rings. The zero-order valence-corrected chi connectivity index (χ0v) is 8.26. The Labute approximate surface area is 89.0 Å². The number of nitrogens with one attached hydrogen (secondary N) is 1. The van der Waals surface area contributed by atoms with Crippen molar-refractivity contribution in [3.8, 4) is 5.75 Å². The van der Waals surface area contributed by atoms with Crippen LogP contribution in [-0.2, 0) is 0 Å². The summed E-state index contributed by atoms with van der Waals surface area (Å²) >= 11 is 5.83. The van der Waals surface area contributed by atoms with Gasteiger partial charge < -0.3 is 4.74 Å². The Hall–Kier alpha value is -1.36. The number of ether oxygens (including phenoxy) is 1. The first-order chi connectivity index (χ1) is 7.16. The van der Waals surface area contributed by atoms with E-state index in [0.29, 0.717) is 0 Å². The highest BCUT2D eigenvalue weighted by atomic mass is 35.5. The molecule has 80 valence electrons. The summed E-state index contributed by atoms with van der Waals surface area (Å²) < 4.78 is 28.7. The summed E-state index contributed by atoms with van der Waals surface area (Å²) in [4.78, 5) is 0. The van der Waals surface area contributed by atoms with E-state index in [0.717, 1.165) is 10.9 Å². The largest absolute Gasteiger partial charge is 0.486 e. The molecule has 0 saturated carbocycles. The van der Waals surface area contributed by atoms with Gasteiger partial charge in [0.25, 0.3) is 6.43 Å². The molecule has 0 aliphatic heterocycles. The topological polar surface area (TPSA) is 37.9 Å². The number of nitrogens with zero attached hydrogens (tertiary/aromatic N) is 1. The van der Waals surface area contributed by atoms with Crippen LogP contribution in [0.25, 0.3) is 10.9 Å². The summed E-state index contributed by atoms with van der Waals surface area (Å²) in [7, 11) is 0. The number of aromatic nitrogens is 2. The molecule has 3 nitrogen and oxygen atoms in total. The van der Waals surface area contributed by atoms with Crippen molar-refractivity contribution < 1.29 is 13.5 Å². The van der Waals surface area contributed by atoms with Crippen LogP contribution in [0.1, 0.15) is 0 Å². The lowest BCUT2D eigenvalue weighted by Crippen LogP contribution is -2.07. The smallest absolute Gasteiger partial charge is 0.272 e.